The molecule has 0 spiro atoms. The highest BCUT2D eigenvalue weighted by molar-refractivity contribution is 6.30. The number of hydrogen-bond acceptors (Lipinski definition) is 5. The summed E-state index contributed by atoms with van der Waals surface area (Å²) < 4.78 is 1.93. The monoisotopic (exact) mass is 505 g/mol. The van der Waals surface area contributed by atoms with Crippen molar-refractivity contribution in [3.8, 4) is 6.07 Å². The lowest BCUT2D eigenvalue weighted by molar-refractivity contribution is -0.136. The summed E-state index contributed by atoms with van der Waals surface area (Å²) in [4.78, 5) is 32.1. The molecular weight excluding hydrogens is 474 g/mol. The summed E-state index contributed by atoms with van der Waals surface area (Å²) in [5, 5.41) is 9.63. The summed E-state index contributed by atoms with van der Waals surface area (Å²) in [6, 6.07) is 16.7. The van der Waals surface area contributed by atoms with Gasteiger partial charge in [-0.25, -0.2) is 4.98 Å². The van der Waals surface area contributed by atoms with Gasteiger partial charge in [-0.1, -0.05) is 56.1 Å². The summed E-state index contributed by atoms with van der Waals surface area (Å²) in [5.41, 5.74) is 9.91. The molecule has 0 aliphatic rings. The number of nitrogens with zero attached hydrogens (tertiary/aromatic N) is 4. The van der Waals surface area contributed by atoms with Gasteiger partial charge in [-0.2, -0.15) is 5.26 Å². The third-order valence-electron chi connectivity index (χ3n) is 6.62. The molecule has 3 aromatic rings. The number of halogens is 1. The lowest BCUT2D eigenvalue weighted by Gasteiger charge is -2.36. The molecule has 1 amide bonds. The van der Waals surface area contributed by atoms with E-state index < -0.39 is 12.1 Å². The standard InChI is InChI=1S/C28H32ClN5O2/c1-4-19(2)27(28(31)34(20(3)35)17-23-9-11-24(29)12-10-23)26(36)13-25-15-32-18-33(25)16-22-7-5-21(14-30)6-8-22/h5-12,15,18-19,27-28H,4,13,16-17,31H2,1-3H3/t19-,27+,28?/m0/s1. The summed E-state index contributed by atoms with van der Waals surface area (Å²) in [6.07, 6.45) is 3.53. The third-order valence-corrected chi connectivity index (χ3v) is 6.87. The normalized spacial score (nSPS) is 13.4. The summed E-state index contributed by atoms with van der Waals surface area (Å²) in [7, 11) is 0. The largest absolute Gasteiger partial charge is 0.330 e. The number of imidazole rings is 1. The van der Waals surface area contributed by atoms with E-state index in [1.54, 1.807) is 41.7 Å². The van der Waals surface area contributed by atoms with Crippen molar-refractivity contribution in [1.82, 2.24) is 14.5 Å². The van der Waals surface area contributed by atoms with Gasteiger partial charge in [-0.3, -0.25) is 9.59 Å². The van der Waals surface area contributed by atoms with Gasteiger partial charge in [0.1, 0.15) is 5.78 Å². The molecule has 0 fully saturated rings. The molecule has 1 unspecified atom stereocenters. The number of amides is 1. The Morgan fingerprint density at radius 1 is 1.14 bits per heavy atom. The Kier molecular flexibility index (Phi) is 9.40. The van der Waals surface area contributed by atoms with Gasteiger partial charge in [0.2, 0.25) is 5.91 Å². The molecular formula is C28H32ClN5O2. The van der Waals surface area contributed by atoms with Crippen molar-refractivity contribution in [1.29, 1.82) is 5.26 Å². The van der Waals surface area contributed by atoms with E-state index in [1.165, 1.54) is 6.92 Å². The van der Waals surface area contributed by atoms with Crippen LogP contribution >= 0.6 is 11.6 Å². The summed E-state index contributed by atoms with van der Waals surface area (Å²) in [5.74, 6) is -0.774. The zero-order valence-electron chi connectivity index (χ0n) is 20.9. The number of Topliss-reactive ketones (excluding diaryl/α,β-unsaturated/α-hetero) is 1. The van der Waals surface area contributed by atoms with Gasteiger partial charge in [0.05, 0.1) is 30.0 Å². The van der Waals surface area contributed by atoms with E-state index in [9.17, 15) is 9.59 Å². The molecule has 7 nitrogen and oxygen atoms in total. The fourth-order valence-corrected chi connectivity index (χ4v) is 4.45. The maximum atomic E-state index is 13.7. The molecule has 2 aromatic carbocycles. The molecule has 1 heterocycles. The first-order valence-electron chi connectivity index (χ1n) is 12.0. The van der Waals surface area contributed by atoms with Crippen molar-refractivity contribution in [2.24, 2.45) is 17.6 Å². The Balaban J connectivity index is 1.80. The van der Waals surface area contributed by atoms with Crippen molar-refractivity contribution in [3.05, 3.63) is 88.5 Å². The number of hydrogen-bond donors (Lipinski definition) is 1. The van der Waals surface area contributed by atoms with E-state index in [0.717, 1.165) is 23.2 Å². The number of ketones is 1. The van der Waals surface area contributed by atoms with E-state index in [0.29, 0.717) is 23.7 Å². The SMILES string of the molecule is CC[C@H](C)[C@H](C(=O)Cc1cncn1Cc1ccc(C#N)cc1)C(N)N(Cc1ccc(Cl)cc1)C(C)=O. The second kappa shape index (κ2) is 12.5. The number of nitrogens with two attached hydrogens (primary N) is 1. The summed E-state index contributed by atoms with van der Waals surface area (Å²) >= 11 is 6.00. The fraction of sp³-hybridized carbons (Fsp3) is 0.357. The van der Waals surface area contributed by atoms with E-state index in [1.807, 2.05) is 42.7 Å². The van der Waals surface area contributed by atoms with Gasteiger partial charge in [-0.15, -0.1) is 0 Å². The molecule has 2 N–H and O–H groups in total. The van der Waals surface area contributed by atoms with E-state index in [2.05, 4.69) is 11.1 Å². The molecule has 188 valence electrons. The highest BCUT2D eigenvalue weighted by Gasteiger charge is 2.35. The number of nitriles is 1. The van der Waals surface area contributed by atoms with Crippen LogP contribution in [0.5, 0.6) is 0 Å². The first-order valence-corrected chi connectivity index (χ1v) is 12.4. The van der Waals surface area contributed by atoms with Gasteiger partial charge in [-0.05, 0) is 41.3 Å². The van der Waals surface area contributed by atoms with Gasteiger partial charge in [0.15, 0.2) is 0 Å². The average molecular weight is 506 g/mol. The van der Waals surface area contributed by atoms with Crippen molar-refractivity contribution in [2.75, 3.05) is 0 Å². The van der Waals surface area contributed by atoms with Crippen molar-refractivity contribution >= 4 is 23.3 Å². The van der Waals surface area contributed by atoms with Crippen LogP contribution in [-0.4, -0.2) is 32.3 Å². The first kappa shape index (κ1) is 27.1. The Hall–Kier alpha value is -3.47. The van der Waals surface area contributed by atoms with Crippen LogP contribution in [0, 0.1) is 23.2 Å². The number of benzene rings is 2. The first-order chi connectivity index (χ1) is 17.2. The second-order valence-electron chi connectivity index (χ2n) is 9.14. The zero-order valence-corrected chi connectivity index (χ0v) is 21.7. The highest BCUT2D eigenvalue weighted by Crippen LogP contribution is 2.25. The van der Waals surface area contributed by atoms with Gasteiger partial charge in [0.25, 0.3) is 0 Å². The molecule has 0 saturated carbocycles. The van der Waals surface area contributed by atoms with Crippen molar-refractivity contribution < 1.29 is 9.59 Å². The molecule has 3 rings (SSSR count). The van der Waals surface area contributed by atoms with Crippen LogP contribution in [0.3, 0.4) is 0 Å². The minimum absolute atomic E-state index is 0.0190. The van der Waals surface area contributed by atoms with Crippen LogP contribution in [0.4, 0.5) is 0 Å². The van der Waals surface area contributed by atoms with Gasteiger partial charge >= 0.3 is 0 Å². The Morgan fingerprint density at radius 2 is 1.78 bits per heavy atom. The van der Waals surface area contributed by atoms with Crippen LogP contribution in [0.25, 0.3) is 0 Å². The number of carbonyl (C=O) groups is 2. The van der Waals surface area contributed by atoms with Crippen LogP contribution in [0.1, 0.15) is 49.6 Å². The Morgan fingerprint density at radius 3 is 2.36 bits per heavy atom. The van der Waals surface area contributed by atoms with E-state index >= 15 is 0 Å². The molecule has 0 aliphatic heterocycles. The lowest BCUT2D eigenvalue weighted by atomic mass is 9.83. The highest BCUT2D eigenvalue weighted by atomic mass is 35.5. The Bertz CT molecular complexity index is 1210. The van der Waals surface area contributed by atoms with Crippen LogP contribution in [-0.2, 0) is 29.1 Å². The smallest absolute Gasteiger partial charge is 0.221 e. The quantitative estimate of drug-likeness (QED) is 0.384. The molecule has 0 aliphatic carbocycles. The maximum absolute atomic E-state index is 13.7. The predicted octanol–water partition coefficient (Wildman–Crippen LogP) is 4.56. The molecule has 3 atom stereocenters. The zero-order chi connectivity index (χ0) is 26.2. The van der Waals surface area contributed by atoms with Crippen LogP contribution in [0.2, 0.25) is 5.02 Å². The molecule has 8 heteroatoms. The van der Waals surface area contributed by atoms with Gasteiger partial charge in [0, 0.05) is 43.3 Å². The average Bonchev–Trinajstić information content (AvgIpc) is 3.29. The number of carbonyl (C=O) groups excluding carboxylic acids is 2. The molecule has 0 saturated heterocycles. The fourth-order valence-electron chi connectivity index (χ4n) is 4.32. The van der Waals surface area contributed by atoms with Crippen molar-refractivity contribution in [3.63, 3.8) is 0 Å². The molecule has 1 aromatic heterocycles. The van der Waals surface area contributed by atoms with Crippen LogP contribution < -0.4 is 5.73 Å². The summed E-state index contributed by atoms with van der Waals surface area (Å²) in [6.45, 7) is 6.32. The predicted molar refractivity (Wildman–Crippen MR) is 140 cm³/mol. The van der Waals surface area contributed by atoms with Gasteiger partial charge < -0.3 is 15.2 Å². The van der Waals surface area contributed by atoms with E-state index in [-0.39, 0.29) is 24.0 Å². The topological polar surface area (TPSA) is 105 Å². The van der Waals surface area contributed by atoms with Crippen LogP contribution in [0.15, 0.2) is 61.1 Å². The lowest BCUT2D eigenvalue weighted by Crippen LogP contribution is -2.53. The maximum Gasteiger partial charge on any atom is 0.221 e. The second-order valence-corrected chi connectivity index (χ2v) is 9.58. The molecule has 36 heavy (non-hydrogen) atoms. The number of aromatic nitrogens is 2. The molecule has 0 bridgehead atoms. The minimum Gasteiger partial charge on any atom is -0.330 e. The number of rotatable bonds is 11. The Labute approximate surface area is 217 Å². The third kappa shape index (κ3) is 6.81. The minimum atomic E-state index is -0.768. The van der Waals surface area contributed by atoms with Crippen molar-refractivity contribution in [2.45, 2.75) is 52.9 Å². The molecule has 0 radical (unpaired) electrons. The van der Waals surface area contributed by atoms with E-state index in [4.69, 9.17) is 22.6 Å².